The topological polar surface area (TPSA) is 78.4 Å². The van der Waals surface area contributed by atoms with Crippen molar-refractivity contribution >= 4 is 11.8 Å². The third kappa shape index (κ3) is 4.78. The standard InChI is InChI=1S/C10H17N2O3/c13-9(11-7-10(14)12-15)6-5-8-3-1-2-4-8/h7-8,15H,1-6H2,(H,11,13)(H,12,14). The predicted octanol–water partition coefficient (Wildman–Crippen LogP) is 0.740. The van der Waals surface area contributed by atoms with Crippen LogP contribution in [0.1, 0.15) is 38.5 Å². The molecule has 0 aromatic carbocycles. The Morgan fingerprint density at radius 1 is 1.33 bits per heavy atom. The molecule has 1 saturated carbocycles. The maximum Gasteiger partial charge on any atom is 0.268 e. The molecule has 1 aliphatic carbocycles. The number of rotatable bonds is 5. The zero-order valence-electron chi connectivity index (χ0n) is 8.66. The molecule has 0 aliphatic heterocycles. The van der Waals surface area contributed by atoms with Gasteiger partial charge in [0.25, 0.3) is 5.91 Å². The third-order valence-electron chi connectivity index (χ3n) is 2.73. The van der Waals surface area contributed by atoms with Crippen LogP contribution in [0.3, 0.4) is 0 Å². The predicted molar refractivity (Wildman–Crippen MR) is 53.6 cm³/mol. The maximum absolute atomic E-state index is 11.2. The van der Waals surface area contributed by atoms with Gasteiger partial charge in [0.2, 0.25) is 5.91 Å². The Balaban J connectivity index is 2.05. The molecule has 0 aromatic rings. The van der Waals surface area contributed by atoms with E-state index in [1.54, 1.807) is 0 Å². The van der Waals surface area contributed by atoms with Crippen molar-refractivity contribution in [3.05, 3.63) is 6.54 Å². The molecule has 0 atom stereocenters. The van der Waals surface area contributed by atoms with Crippen LogP contribution in [0.15, 0.2) is 0 Å². The summed E-state index contributed by atoms with van der Waals surface area (Å²) in [7, 11) is 0. The zero-order chi connectivity index (χ0) is 11.1. The van der Waals surface area contributed by atoms with Gasteiger partial charge in [0.05, 0.1) is 0 Å². The molecule has 1 fully saturated rings. The van der Waals surface area contributed by atoms with Crippen molar-refractivity contribution in [3.8, 4) is 0 Å². The molecule has 5 heteroatoms. The van der Waals surface area contributed by atoms with Gasteiger partial charge in [0.1, 0.15) is 6.54 Å². The van der Waals surface area contributed by atoms with Crippen LogP contribution >= 0.6 is 0 Å². The summed E-state index contributed by atoms with van der Waals surface area (Å²) >= 11 is 0. The summed E-state index contributed by atoms with van der Waals surface area (Å²) in [5.41, 5.74) is 1.41. The van der Waals surface area contributed by atoms with E-state index >= 15 is 0 Å². The highest BCUT2D eigenvalue weighted by Gasteiger charge is 2.16. The lowest BCUT2D eigenvalue weighted by molar-refractivity contribution is -0.128. The highest BCUT2D eigenvalue weighted by atomic mass is 16.5. The fraction of sp³-hybridized carbons (Fsp3) is 0.700. The van der Waals surface area contributed by atoms with E-state index < -0.39 is 5.91 Å². The molecule has 15 heavy (non-hydrogen) atoms. The molecule has 0 bridgehead atoms. The molecule has 0 spiro atoms. The van der Waals surface area contributed by atoms with Gasteiger partial charge in [-0.15, -0.1) is 0 Å². The molecule has 2 amide bonds. The summed E-state index contributed by atoms with van der Waals surface area (Å²) in [6.07, 6.45) is 6.30. The average molecular weight is 213 g/mol. The molecule has 0 unspecified atom stereocenters. The van der Waals surface area contributed by atoms with Gasteiger partial charge in [0.15, 0.2) is 0 Å². The minimum atomic E-state index is -0.718. The molecule has 1 rings (SSSR count). The molecule has 1 radical (unpaired) electrons. The van der Waals surface area contributed by atoms with E-state index in [4.69, 9.17) is 5.21 Å². The van der Waals surface area contributed by atoms with Crippen molar-refractivity contribution < 1.29 is 14.8 Å². The van der Waals surface area contributed by atoms with Crippen molar-refractivity contribution in [2.75, 3.05) is 0 Å². The van der Waals surface area contributed by atoms with Gasteiger partial charge in [-0.3, -0.25) is 14.8 Å². The normalized spacial score (nSPS) is 16.3. The van der Waals surface area contributed by atoms with Gasteiger partial charge >= 0.3 is 0 Å². The van der Waals surface area contributed by atoms with Crippen molar-refractivity contribution in [2.24, 2.45) is 5.92 Å². The van der Waals surface area contributed by atoms with Crippen molar-refractivity contribution in [3.63, 3.8) is 0 Å². The van der Waals surface area contributed by atoms with E-state index in [1.807, 2.05) is 0 Å². The number of hydrogen-bond acceptors (Lipinski definition) is 3. The van der Waals surface area contributed by atoms with Gasteiger partial charge in [0, 0.05) is 6.42 Å². The zero-order valence-corrected chi connectivity index (χ0v) is 8.66. The summed E-state index contributed by atoms with van der Waals surface area (Å²) in [5, 5.41) is 10.5. The van der Waals surface area contributed by atoms with Crippen LogP contribution in [0, 0.1) is 12.5 Å². The molecule has 1 aliphatic rings. The molecule has 3 N–H and O–H groups in total. The van der Waals surface area contributed by atoms with Gasteiger partial charge in [-0.2, -0.15) is 0 Å². The van der Waals surface area contributed by atoms with Crippen LogP contribution in [0.2, 0.25) is 0 Å². The maximum atomic E-state index is 11.2. The first-order chi connectivity index (χ1) is 7.22. The van der Waals surface area contributed by atoms with Crippen LogP contribution in [0.4, 0.5) is 0 Å². The Hall–Kier alpha value is -1.10. The summed E-state index contributed by atoms with van der Waals surface area (Å²) in [6.45, 7) is 0.928. The van der Waals surface area contributed by atoms with E-state index in [1.165, 1.54) is 31.2 Å². The second kappa shape index (κ2) is 6.40. The Labute approximate surface area is 89.2 Å². The van der Waals surface area contributed by atoms with Gasteiger partial charge < -0.3 is 5.32 Å². The van der Waals surface area contributed by atoms with E-state index in [0.29, 0.717) is 12.3 Å². The van der Waals surface area contributed by atoms with Gasteiger partial charge in [-0.05, 0) is 12.3 Å². The van der Waals surface area contributed by atoms with Gasteiger partial charge in [-0.25, -0.2) is 5.48 Å². The number of amides is 2. The number of hydrogen-bond donors (Lipinski definition) is 3. The SMILES string of the molecule is O=C([CH]NC(=O)CCC1CCCC1)NO. The largest absolute Gasteiger partial charge is 0.342 e. The Bertz CT molecular complexity index is 225. The van der Waals surface area contributed by atoms with E-state index in [2.05, 4.69) is 5.32 Å². The molecule has 85 valence electrons. The smallest absolute Gasteiger partial charge is 0.268 e. The summed E-state index contributed by atoms with van der Waals surface area (Å²) < 4.78 is 0. The average Bonchev–Trinajstić information content (AvgIpc) is 2.75. The highest BCUT2D eigenvalue weighted by Crippen LogP contribution is 2.28. The van der Waals surface area contributed by atoms with E-state index in [-0.39, 0.29) is 5.91 Å². The number of carbonyl (C=O) groups excluding carboxylic acids is 2. The molecule has 0 saturated heterocycles. The van der Waals surface area contributed by atoms with E-state index in [0.717, 1.165) is 13.0 Å². The first-order valence-electron chi connectivity index (χ1n) is 5.29. The lowest BCUT2D eigenvalue weighted by atomic mass is 10.0. The number of nitrogens with one attached hydrogen (secondary N) is 2. The third-order valence-corrected chi connectivity index (χ3v) is 2.73. The molecular weight excluding hydrogens is 196 g/mol. The van der Waals surface area contributed by atoms with Crippen molar-refractivity contribution in [1.29, 1.82) is 0 Å². The molecule has 5 nitrogen and oxygen atoms in total. The Morgan fingerprint density at radius 3 is 2.60 bits per heavy atom. The summed E-state index contributed by atoms with van der Waals surface area (Å²) in [5.74, 6) is -0.225. The second-order valence-corrected chi connectivity index (χ2v) is 3.88. The van der Waals surface area contributed by atoms with Crippen LogP contribution in [-0.2, 0) is 9.59 Å². The van der Waals surface area contributed by atoms with Crippen LogP contribution < -0.4 is 10.8 Å². The fourth-order valence-electron chi connectivity index (χ4n) is 1.88. The molecule has 0 aromatic heterocycles. The first kappa shape index (κ1) is 12.0. The summed E-state index contributed by atoms with van der Waals surface area (Å²) in [6, 6.07) is 0. The van der Waals surface area contributed by atoms with Crippen LogP contribution in [0.25, 0.3) is 0 Å². The Morgan fingerprint density at radius 2 is 2.00 bits per heavy atom. The molecule has 0 heterocycles. The summed E-state index contributed by atoms with van der Waals surface area (Å²) in [4.78, 5) is 21.8. The first-order valence-corrected chi connectivity index (χ1v) is 5.29. The fourth-order valence-corrected chi connectivity index (χ4v) is 1.88. The van der Waals surface area contributed by atoms with Crippen molar-refractivity contribution in [2.45, 2.75) is 38.5 Å². The van der Waals surface area contributed by atoms with Crippen molar-refractivity contribution in [1.82, 2.24) is 10.8 Å². The number of carbonyl (C=O) groups is 2. The lowest BCUT2D eigenvalue weighted by Gasteiger charge is -2.08. The minimum absolute atomic E-state index is 0.175. The van der Waals surface area contributed by atoms with Gasteiger partial charge in [-0.1, -0.05) is 25.7 Å². The van der Waals surface area contributed by atoms with E-state index in [9.17, 15) is 9.59 Å². The number of hydroxylamine groups is 1. The minimum Gasteiger partial charge on any atom is -0.342 e. The second-order valence-electron chi connectivity index (χ2n) is 3.88. The quantitative estimate of drug-likeness (QED) is 0.465. The monoisotopic (exact) mass is 213 g/mol. The van der Waals surface area contributed by atoms with Crippen LogP contribution in [-0.4, -0.2) is 17.0 Å². The van der Waals surface area contributed by atoms with Crippen LogP contribution in [0.5, 0.6) is 0 Å². The molecular formula is C10H17N2O3. The Kier molecular flexibility index (Phi) is 5.10. The lowest BCUT2D eigenvalue weighted by Crippen LogP contribution is -2.30. The highest BCUT2D eigenvalue weighted by molar-refractivity contribution is 5.88.